The number of anilines is 1. The number of carbonyl (C=O) groups is 2. The zero-order chi connectivity index (χ0) is 15.6. The molecule has 0 bridgehead atoms. The van der Waals surface area contributed by atoms with Crippen LogP contribution in [0.4, 0.5) is 5.69 Å². The van der Waals surface area contributed by atoms with Crippen LogP contribution in [0.3, 0.4) is 0 Å². The normalized spacial score (nSPS) is 10.2. The summed E-state index contributed by atoms with van der Waals surface area (Å²) in [6.07, 6.45) is 0. The molecule has 0 aliphatic heterocycles. The third-order valence-corrected chi connectivity index (χ3v) is 5.75. The van der Waals surface area contributed by atoms with Crippen molar-refractivity contribution >= 4 is 78.6 Å². The summed E-state index contributed by atoms with van der Waals surface area (Å²) in [5, 5.41) is 2.73. The molecule has 2 aromatic rings. The van der Waals surface area contributed by atoms with Crippen LogP contribution in [-0.4, -0.2) is 11.8 Å². The van der Waals surface area contributed by atoms with Crippen LogP contribution in [0.2, 0.25) is 0 Å². The van der Waals surface area contributed by atoms with Crippen molar-refractivity contribution in [1.29, 1.82) is 0 Å². The molecule has 4 nitrogen and oxygen atoms in total. The molecular formula is C14H9BrI2N2O2. The van der Waals surface area contributed by atoms with Gasteiger partial charge in [0.05, 0.1) is 16.8 Å². The van der Waals surface area contributed by atoms with Gasteiger partial charge in [-0.05, 0) is 85.4 Å². The van der Waals surface area contributed by atoms with Gasteiger partial charge in [-0.2, -0.15) is 0 Å². The van der Waals surface area contributed by atoms with Crippen molar-refractivity contribution in [3.05, 3.63) is 59.1 Å². The third kappa shape index (κ3) is 3.95. The largest absolute Gasteiger partial charge is 0.366 e. The van der Waals surface area contributed by atoms with E-state index >= 15 is 0 Å². The number of hydrogen-bond acceptors (Lipinski definition) is 2. The van der Waals surface area contributed by atoms with Crippen molar-refractivity contribution in [2.45, 2.75) is 0 Å². The van der Waals surface area contributed by atoms with E-state index in [0.717, 1.165) is 11.6 Å². The van der Waals surface area contributed by atoms with Gasteiger partial charge in [-0.25, -0.2) is 0 Å². The van der Waals surface area contributed by atoms with Crippen molar-refractivity contribution in [1.82, 2.24) is 0 Å². The average Bonchev–Trinajstić information content (AvgIpc) is 2.43. The lowest BCUT2D eigenvalue weighted by Gasteiger charge is -2.11. The summed E-state index contributed by atoms with van der Waals surface area (Å²) >= 11 is 7.71. The van der Waals surface area contributed by atoms with Crippen molar-refractivity contribution in [3.63, 3.8) is 0 Å². The third-order valence-electron chi connectivity index (χ3n) is 2.68. The molecule has 7 heteroatoms. The molecule has 0 fully saturated rings. The molecular weight excluding hydrogens is 562 g/mol. The number of para-hydroxylation sites is 1. The summed E-state index contributed by atoms with van der Waals surface area (Å²) in [7, 11) is 0. The second-order valence-electron chi connectivity index (χ2n) is 4.11. The van der Waals surface area contributed by atoms with E-state index in [9.17, 15) is 9.59 Å². The smallest absolute Gasteiger partial charge is 0.256 e. The molecule has 2 amide bonds. The summed E-state index contributed by atoms with van der Waals surface area (Å²) in [6.45, 7) is 0. The number of hydrogen-bond donors (Lipinski definition) is 2. The van der Waals surface area contributed by atoms with E-state index in [1.807, 2.05) is 6.07 Å². The Bertz CT molecular complexity index is 735. The van der Waals surface area contributed by atoms with Gasteiger partial charge in [0.15, 0.2) is 0 Å². The molecule has 3 N–H and O–H groups in total. The second kappa shape index (κ2) is 7.05. The number of benzene rings is 2. The van der Waals surface area contributed by atoms with Gasteiger partial charge in [-0.1, -0.05) is 12.1 Å². The summed E-state index contributed by atoms with van der Waals surface area (Å²) in [6, 6.07) is 10.4. The Morgan fingerprint density at radius 2 is 1.76 bits per heavy atom. The van der Waals surface area contributed by atoms with Crippen LogP contribution in [0, 0.1) is 7.14 Å². The van der Waals surface area contributed by atoms with Crippen molar-refractivity contribution in [2.75, 3.05) is 5.32 Å². The van der Waals surface area contributed by atoms with Crippen LogP contribution in [0.25, 0.3) is 0 Å². The molecule has 0 aromatic heterocycles. The molecule has 0 heterocycles. The molecule has 0 aliphatic carbocycles. The SMILES string of the molecule is NC(=O)c1ccccc1NC(=O)c1cc(I)cc(I)c1Br. The number of halogens is 3. The first-order chi connectivity index (χ1) is 9.90. The van der Waals surface area contributed by atoms with Crippen molar-refractivity contribution in [3.8, 4) is 0 Å². The maximum absolute atomic E-state index is 12.4. The Kier molecular flexibility index (Phi) is 5.60. The van der Waals surface area contributed by atoms with Gasteiger partial charge in [0.1, 0.15) is 0 Å². The lowest BCUT2D eigenvalue weighted by Crippen LogP contribution is -2.18. The van der Waals surface area contributed by atoms with E-state index in [2.05, 4.69) is 66.4 Å². The number of carbonyl (C=O) groups excluding carboxylic acids is 2. The predicted molar refractivity (Wildman–Crippen MR) is 102 cm³/mol. The Hall–Kier alpha value is -0.680. The molecule has 0 spiro atoms. The maximum Gasteiger partial charge on any atom is 0.256 e. The van der Waals surface area contributed by atoms with Crippen LogP contribution in [0.15, 0.2) is 40.9 Å². The Morgan fingerprint density at radius 1 is 1.10 bits per heavy atom. The van der Waals surface area contributed by atoms with Crippen LogP contribution in [0.5, 0.6) is 0 Å². The molecule has 0 unspecified atom stereocenters. The van der Waals surface area contributed by atoms with E-state index < -0.39 is 5.91 Å². The fourth-order valence-corrected chi connectivity index (χ4v) is 3.97. The monoisotopic (exact) mass is 570 g/mol. The molecule has 21 heavy (non-hydrogen) atoms. The average molecular weight is 571 g/mol. The van der Waals surface area contributed by atoms with Crippen LogP contribution in [0.1, 0.15) is 20.7 Å². The second-order valence-corrected chi connectivity index (χ2v) is 7.31. The van der Waals surface area contributed by atoms with Crippen LogP contribution < -0.4 is 11.1 Å². The highest BCUT2D eigenvalue weighted by Gasteiger charge is 2.16. The number of nitrogens with two attached hydrogens (primary N) is 1. The highest BCUT2D eigenvalue weighted by molar-refractivity contribution is 14.1. The van der Waals surface area contributed by atoms with Gasteiger partial charge in [0.25, 0.3) is 11.8 Å². The van der Waals surface area contributed by atoms with Gasteiger partial charge >= 0.3 is 0 Å². The minimum Gasteiger partial charge on any atom is -0.366 e. The first-order valence-electron chi connectivity index (χ1n) is 5.75. The summed E-state index contributed by atoms with van der Waals surface area (Å²) < 4.78 is 2.61. The molecule has 2 aromatic carbocycles. The van der Waals surface area contributed by atoms with Gasteiger partial charge < -0.3 is 11.1 Å². The Morgan fingerprint density at radius 3 is 2.43 bits per heavy atom. The first kappa shape index (κ1) is 16.7. The molecule has 0 aliphatic rings. The van der Waals surface area contributed by atoms with Crippen molar-refractivity contribution in [2.24, 2.45) is 5.73 Å². The van der Waals surface area contributed by atoms with Gasteiger partial charge in [0, 0.05) is 11.6 Å². The van der Waals surface area contributed by atoms with Crippen molar-refractivity contribution < 1.29 is 9.59 Å². The quantitative estimate of drug-likeness (QED) is 0.432. The van der Waals surface area contributed by atoms with E-state index in [4.69, 9.17) is 5.73 Å². The summed E-state index contributed by atoms with van der Waals surface area (Å²) in [5.41, 5.74) is 6.49. The fraction of sp³-hybridized carbons (Fsp3) is 0. The van der Waals surface area contributed by atoms with E-state index in [1.165, 1.54) is 0 Å². The zero-order valence-corrected chi connectivity index (χ0v) is 16.4. The topological polar surface area (TPSA) is 72.2 Å². The minimum atomic E-state index is -0.581. The fourth-order valence-electron chi connectivity index (χ4n) is 1.72. The van der Waals surface area contributed by atoms with E-state index in [-0.39, 0.29) is 11.5 Å². The molecule has 0 saturated carbocycles. The highest BCUT2D eigenvalue weighted by atomic mass is 127. The molecule has 0 saturated heterocycles. The highest BCUT2D eigenvalue weighted by Crippen LogP contribution is 2.27. The standard InChI is InChI=1S/C14H9BrI2N2O2/c15-12-9(5-7(16)6-10(12)17)14(21)19-11-4-2-1-3-8(11)13(18)20/h1-6H,(H2,18,20)(H,19,21). The summed E-state index contributed by atoms with van der Waals surface area (Å²) in [5.74, 6) is -0.880. The zero-order valence-electron chi connectivity index (χ0n) is 10.5. The molecule has 108 valence electrons. The van der Waals surface area contributed by atoms with Gasteiger partial charge in [-0.15, -0.1) is 0 Å². The lowest BCUT2D eigenvalue weighted by atomic mass is 10.1. The van der Waals surface area contributed by atoms with Gasteiger partial charge in [0.2, 0.25) is 0 Å². The predicted octanol–water partition coefficient (Wildman–Crippen LogP) is 4.01. The van der Waals surface area contributed by atoms with E-state index in [0.29, 0.717) is 11.3 Å². The molecule has 2 rings (SSSR count). The summed E-state index contributed by atoms with van der Waals surface area (Å²) in [4.78, 5) is 23.8. The first-order valence-corrected chi connectivity index (χ1v) is 8.70. The molecule has 0 radical (unpaired) electrons. The van der Waals surface area contributed by atoms with Crippen LogP contribution >= 0.6 is 61.1 Å². The maximum atomic E-state index is 12.4. The minimum absolute atomic E-state index is 0.280. The van der Waals surface area contributed by atoms with Gasteiger partial charge in [-0.3, -0.25) is 9.59 Å². The Balaban J connectivity index is 2.38. The number of rotatable bonds is 3. The van der Waals surface area contributed by atoms with Crippen LogP contribution in [-0.2, 0) is 0 Å². The number of primary amides is 1. The number of amides is 2. The molecule has 0 atom stereocenters. The van der Waals surface area contributed by atoms with E-state index in [1.54, 1.807) is 30.3 Å². The number of nitrogens with one attached hydrogen (secondary N) is 1. The lowest BCUT2D eigenvalue weighted by molar-refractivity contribution is 0.100. The Labute approximate surface area is 157 Å².